The average Bonchev–Trinajstić information content (AvgIpc) is 3.32. The van der Waals surface area contributed by atoms with Crippen LogP contribution >= 0.6 is 0 Å². The lowest BCUT2D eigenvalue weighted by molar-refractivity contribution is -0.135. The predicted octanol–water partition coefficient (Wildman–Crippen LogP) is 4.98. The zero-order valence-electron chi connectivity index (χ0n) is 22.0. The molecule has 2 aliphatic heterocycles. The van der Waals surface area contributed by atoms with E-state index in [0.717, 1.165) is 55.4 Å². The van der Waals surface area contributed by atoms with Crippen LogP contribution in [0.1, 0.15) is 68.3 Å². The van der Waals surface area contributed by atoms with Gasteiger partial charge in [-0.3, -0.25) is 9.59 Å². The molecule has 3 heterocycles. The minimum atomic E-state index is -0.438. The fourth-order valence-electron chi connectivity index (χ4n) is 5.79. The number of carbonyl (C=O) groups is 2. The van der Waals surface area contributed by atoms with Crippen molar-refractivity contribution in [1.29, 1.82) is 0 Å². The fourth-order valence-corrected chi connectivity index (χ4v) is 5.79. The smallest absolute Gasteiger partial charge is 0.253 e. The van der Waals surface area contributed by atoms with Gasteiger partial charge in [0.25, 0.3) is 5.91 Å². The number of amides is 2. The SMILES string of the molecule is CCCn1cnc2cc(C(=O)N3CCC4(CCCCc5ccccc5OC[C@H](C)NC4=O)CC3)ccc21. The molecular formula is C30H38N4O3. The Bertz CT molecular complexity index is 1260. The Kier molecular flexibility index (Phi) is 7.49. The number of aryl methyl sites for hydroxylation is 2. The van der Waals surface area contributed by atoms with E-state index >= 15 is 0 Å². The standard InChI is InChI=1S/C30H38N4O3/c1-3-16-34-21-31-25-19-24(11-12-26(25)34)28(35)33-17-14-30(15-18-33)13-7-6-9-23-8-4-5-10-27(23)37-20-22(2)32-29(30)36/h4-5,8,10-12,19,21-22H,3,6-7,9,13-18,20H2,1-2H3,(H,32,36)/t22-/m0/s1. The van der Waals surface area contributed by atoms with E-state index in [9.17, 15) is 9.59 Å². The molecule has 2 aliphatic rings. The van der Waals surface area contributed by atoms with Crippen LogP contribution in [0.4, 0.5) is 0 Å². The topological polar surface area (TPSA) is 76.5 Å². The highest BCUT2D eigenvalue weighted by molar-refractivity contribution is 5.97. The van der Waals surface area contributed by atoms with Crippen LogP contribution in [0.25, 0.3) is 11.0 Å². The van der Waals surface area contributed by atoms with Crippen LogP contribution in [-0.4, -0.2) is 52.0 Å². The number of rotatable bonds is 3. The number of piperidine rings is 1. The summed E-state index contributed by atoms with van der Waals surface area (Å²) in [6, 6.07) is 13.9. The van der Waals surface area contributed by atoms with Gasteiger partial charge in [-0.25, -0.2) is 4.98 Å². The molecular weight excluding hydrogens is 464 g/mol. The lowest BCUT2D eigenvalue weighted by Crippen LogP contribution is -2.52. The van der Waals surface area contributed by atoms with Crippen LogP contribution in [0.5, 0.6) is 5.75 Å². The molecule has 196 valence electrons. The van der Waals surface area contributed by atoms with E-state index in [0.29, 0.717) is 38.1 Å². The fraction of sp³-hybridized carbons (Fsp3) is 0.500. The summed E-state index contributed by atoms with van der Waals surface area (Å²) in [4.78, 5) is 33.3. The number of nitrogens with one attached hydrogen (secondary N) is 1. The number of aromatic nitrogens is 2. The number of likely N-dealkylation sites (tertiary alicyclic amines) is 1. The van der Waals surface area contributed by atoms with Crippen LogP contribution in [0.2, 0.25) is 0 Å². The molecule has 7 nitrogen and oxygen atoms in total. The molecule has 0 bridgehead atoms. The molecule has 2 amide bonds. The highest BCUT2D eigenvalue weighted by atomic mass is 16.5. The highest BCUT2D eigenvalue weighted by Gasteiger charge is 2.42. The van der Waals surface area contributed by atoms with Gasteiger partial charge in [0.2, 0.25) is 5.91 Å². The molecule has 1 atom stereocenters. The molecule has 0 saturated carbocycles. The Labute approximate surface area is 219 Å². The van der Waals surface area contributed by atoms with E-state index in [4.69, 9.17) is 4.74 Å². The Morgan fingerprint density at radius 1 is 1.14 bits per heavy atom. The summed E-state index contributed by atoms with van der Waals surface area (Å²) in [7, 11) is 0. The molecule has 1 fully saturated rings. The number of carbonyl (C=O) groups excluding carboxylic acids is 2. The van der Waals surface area contributed by atoms with Gasteiger partial charge in [0.15, 0.2) is 0 Å². The predicted molar refractivity (Wildman–Crippen MR) is 145 cm³/mol. The van der Waals surface area contributed by atoms with Crippen molar-refractivity contribution in [2.24, 2.45) is 5.41 Å². The van der Waals surface area contributed by atoms with E-state index in [1.165, 1.54) is 5.56 Å². The third-order valence-electron chi connectivity index (χ3n) is 8.01. The third kappa shape index (κ3) is 5.36. The average molecular weight is 503 g/mol. The van der Waals surface area contributed by atoms with Crippen molar-refractivity contribution in [1.82, 2.24) is 19.8 Å². The number of ether oxygens (including phenoxy) is 1. The summed E-state index contributed by atoms with van der Waals surface area (Å²) in [6.45, 7) is 6.67. The van der Waals surface area contributed by atoms with Crippen LogP contribution < -0.4 is 10.1 Å². The first-order chi connectivity index (χ1) is 18.0. The first-order valence-electron chi connectivity index (χ1n) is 13.7. The monoisotopic (exact) mass is 502 g/mol. The second-order valence-electron chi connectivity index (χ2n) is 10.7. The van der Waals surface area contributed by atoms with E-state index in [2.05, 4.69) is 33.9 Å². The van der Waals surface area contributed by atoms with Gasteiger partial charge in [0.1, 0.15) is 12.4 Å². The number of benzene rings is 2. The molecule has 1 aromatic heterocycles. The Balaban J connectivity index is 1.27. The first kappa shape index (κ1) is 25.3. The van der Waals surface area contributed by atoms with Gasteiger partial charge in [0, 0.05) is 25.2 Å². The number of hydrogen-bond acceptors (Lipinski definition) is 4. The lowest BCUT2D eigenvalue weighted by atomic mass is 9.73. The van der Waals surface area contributed by atoms with Crippen molar-refractivity contribution in [2.45, 2.75) is 71.4 Å². The summed E-state index contributed by atoms with van der Waals surface area (Å²) >= 11 is 0. The Hall–Kier alpha value is -3.35. The maximum absolute atomic E-state index is 13.5. The minimum absolute atomic E-state index is 0.0220. The number of hydrogen-bond donors (Lipinski definition) is 1. The normalized spacial score (nSPS) is 20.4. The van der Waals surface area contributed by atoms with E-state index in [-0.39, 0.29) is 17.9 Å². The van der Waals surface area contributed by atoms with Crippen molar-refractivity contribution >= 4 is 22.8 Å². The quantitative estimate of drug-likeness (QED) is 0.548. The zero-order valence-corrected chi connectivity index (χ0v) is 22.0. The molecule has 0 unspecified atom stereocenters. The van der Waals surface area contributed by atoms with Gasteiger partial charge in [-0.15, -0.1) is 0 Å². The molecule has 2 aromatic carbocycles. The first-order valence-corrected chi connectivity index (χ1v) is 13.7. The van der Waals surface area contributed by atoms with Gasteiger partial charge in [-0.2, -0.15) is 0 Å². The molecule has 5 rings (SSSR count). The maximum Gasteiger partial charge on any atom is 0.253 e. The van der Waals surface area contributed by atoms with Crippen LogP contribution in [0, 0.1) is 5.41 Å². The molecule has 1 N–H and O–H groups in total. The number of nitrogens with zero attached hydrogens (tertiary/aromatic N) is 3. The van der Waals surface area contributed by atoms with Crippen molar-refractivity contribution in [3.63, 3.8) is 0 Å². The third-order valence-corrected chi connectivity index (χ3v) is 8.01. The van der Waals surface area contributed by atoms with Crippen molar-refractivity contribution in [3.8, 4) is 5.75 Å². The van der Waals surface area contributed by atoms with Gasteiger partial charge in [-0.1, -0.05) is 31.5 Å². The number of imidazole rings is 1. The molecule has 37 heavy (non-hydrogen) atoms. The van der Waals surface area contributed by atoms with Crippen molar-refractivity contribution in [3.05, 3.63) is 59.9 Å². The summed E-state index contributed by atoms with van der Waals surface area (Å²) in [5.74, 6) is 1.04. The Morgan fingerprint density at radius 3 is 2.76 bits per heavy atom. The zero-order chi connectivity index (χ0) is 25.8. The van der Waals surface area contributed by atoms with E-state index in [1.807, 2.05) is 48.5 Å². The van der Waals surface area contributed by atoms with Crippen LogP contribution in [0.15, 0.2) is 48.8 Å². The van der Waals surface area contributed by atoms with Gasteiger partial charge < -0.3 is 19.5 Å². The van der Waals surface area contributed by atoms with E-state index < -0.39 is 5.41 Å². The Morgan fingerprint density at radius 2 is 1.95 bits per heavy atom. The molecule has 7 heteroatoms. The molecule has 3 aromatic rings. The minimum Gasteiger partial charge on any atom is -0.491 e. The van der Waals surface area contributed by atoms with Gasteiger partial charge in [-0.05, 0) is 75.3 Å². The second kappa shape index (κ2) is 11.0. The summed E-state index contributed by atoms with van der Waals surface area (Å²) in [6.07, 6.45) is 8.03. The largest absolute Gasteiger partial charge is 0.491 e. The van der Waals surface area contributed by atoms with Crippen molar-refractivity contribution in [2.75, 3.05) is 19.7 Å². The maximum atomic E-state index is 13.5. The molecule has 1 spiro atoms. The summed E-state index contributed by atoms with van der Waals surface area (Å²) in [5.41, 5.74) is 3.36. The highest BCUT2D eigenvalue weighted by Crippen LogP contribution is 2.38. The van der Waals surface area contributed by atoms with E-state index in [1.54, 1.807) is 0 Å². The lowest BCUT2D eigenvalue weighted by Gasteiger charge is -2.41. The number of para-hydroxylation sites is 1. The summed E-state index contributed by atoms with van der Waals surface area (Å²) in [5, 5.41) is 3.22. The molecule has 1 saturated heterocycles. The van der Waals surface area contributed by atoms with Crippen LogP contribution in [-0.2, 0) is 17.8 Å². The van der Waals surface area contributed by atoms with Crippen LogP contribution in [0.3, 0.4) is 0 Å². The van der Waals surface area contributed by atoms with Gasteiger partial charge >= 0.3 is 0 Å². The number of fused-ring (bicyclic) bond motifs is 2. The second-order valence-corrected chi connectivity index (χ2v) is 10.7. The van der Waals surface area contributed by atoms with Gasteiger partial charge in [0.05, 0.1) is 28.8 Å². The summed E-state index contributed by atoms with van der Waals surface area (Å²) < 4.78 is 8.19. The molecule has 0 radical (unpaired) electrons. The van der Waals surface area contributed by atoms with Crippen molar-refractivity contribution < 1.29 is 14.3 Å². The molecule has 0 aliphatic carbocycles.